The minimum atomic E-state index is -1.25. The van der Waals surface area contributed by atoms with Crippen LogP contribution in [0.25, 0.3) is 0 Å². The molecule has 0 fully saturated rings. The maximum absolute atomic E-state index is 10.8. The number of nitrogens with zero attached hydrogens (tertiary/aromatic N) is 2. The standard InChI is InChI=1S/C12H10N2O2/c1-12(7-13,8-14)10-3-4-11(16-2)9(5-10)6-15/h3-6H,1-2H3. The lowest BCUT2D eigenvalue weighted by atomic mass is 9.85. The van der Waals surface area contributed by atoms with Crippen LogP contribution < -0.4 is 4.74 Å². The van der Waals surface area contributed by atoms with Crippen LogP contribution in [0.5, 0.6) is 5.75 Å². The van der Waals surface area contributed by atoms with Crippen LogP contribution in [0, 0.1) is 22.7 Å². The van der Waals surface area contributed by atoms with Gasteiger partial charge in [0.2, 0.25) is 0 Å². The molecule has 80 valence electrons. The number of carbonyl (C=O) groups excluding carboxylic acids is 1. The fourth-order valence-electron chi connectivity index (χ4n) is 1.29. The largest absolute Gasteiger partial charge is 0.496 e. The molecule has 0 amide bonds. The molecule has 1 aromatic carbocycles. The fraction of sp³-hybridized carbons (Fsp3) is 0.250. The first kappa shape index (κ1) is 11.7. The highest BCUT2D eigenvalue weighted by atomic mass is 16.5. The van der Waals surface area contributed by atoms with Crippen molar-refractivity contribution in [2.24, 2.45) is 0 Å². The maximum atomic E-state index is 10.8. The summed E-state index contributed by atoms with van der Waals surface area (Å²) in [6.45, 7) is 1.50. The van der Waals surface area contributed by atoms with E-state index in [-0.39, 0.29) is 0 Å². The van der Waals surface area contributed by atoms with Crippen LogP contribution in [0.15, 0.2) is 18.2 Å². The molecule has 0 unspecified atom stereocenters. The minimum Gasteiger partial charge on any atom is -0.496 e. The molecule has 4 heteroatoms. The summed E-state index contributed by atoms with van der Waals surface area (Å²) >= 11 is 0. The molecule has 1 aromatic rings. The van der Waals surface area contributed by atoms with E-state index < -0.39 is 5.41 Å². The minimum absolute atomic E-state index is 0.330. The number of rotatable bonds is 3. The smallest absolute Gasteiger partial charge is 0.165 e. The van der Waals surface area contributed by atoms with Gasteiger partial charge in [-0.1, -0.05) is 6.07 Å². The van der Waals surface area contributed by atoms with E-state index in [1.165, 1.54) is 20.1 Å². The first-order chi connectivity index (χ1) is 7.61. The van der Waals surface area contributed by atoms with E-state index in [4.69, 9.17) is 15.3 Å². The van der Waals surface area contributed by atoms with Crippen molar-refractivity contribution in [2.45, 2.75) is 12.3 Å². The fourth-order valence-corrected chi connectivity index (χ4v) is 1.29. The summed E-state index contributed by atoms with van der Waals surface area (Å²) in [5.74, 6) is 0.428. The van der Waals surface area contributed by atoms with Crippen molar-refractivity contribution in [3.8, 4) is 17.9 Å². The van der Waals surface area contributed by atoms with E-state index in [2.05, 4.69) is 0 Å². The van der Waals surface area contributed by atoms with Crippen LogP contribution >= 0.6 is 0 Å². The molecule has 0 N–H and O–H groups in total. The second-order valence-corrected chi connectivity index (χ2v) is 3.42. The number of ether oxygens (including phenoxy) is 1. The highest BCUT2D eigenvalue weighted by Crippen LogP contribution is 2.26. The first-order valence-electron chi connectivity index (χ1n) is 4.57. The molecule has 1 rings (SSSR count). The Balaban J connectivity index is 3.36. The number of methoxy groups -OCH3 is 1. The van der Waals surface area contributed by atoms with Gasteiger partial charge in [0.1, 0.15) is 5.75 Å². The number of hydrogen-bond acceptors (Lipinski definition) is 4. The Labute approximate surface area is 93.7 Å². The predicted octanol–water partition coefficient (Wildman–Crippen LogP) is 1.81. The van der Waals surface area contributed by atoms with Crippen LogP contribution in [0.1, 0.15) is 22.8 Å². The molecule has 16 heavy (non-hydrogen) atoms. The maximum Gasteiger partial charge on any atom is 0.165 e. The Kier molecular flexibility index (Phi) is 3.27. The van der Waals surface area contributed by atoms with Crippen LogP contribution in [0.2, 0.25) is 0 Å². The molecule has 0 spiro atoms. The molecular formula is C12H10N2O2. The van der Waals surface area contributed by atoms with Gasteiger partial charge in [0.05, 0.1) is 24.8 Å². The Morgan fingerprint density at radius 2 is 2.00 bits per heavy atom. The average molecular weight is 214 g/mol. The first-order valence-corrected chi connectivity index (χ1v) is 4.57. The van der Waals surface area contributed by atoms with Gasteiger partial charge < -0.3 is 4.74 Å². The van der Waals surface area contributed by atoms with Crippen LogP contribution in [-0.4, -0.2) is 13.4 Å². The second kappa shape index (κ2) is 4.46. The molecule has 0 aromatic heterocycles. The zero-order chi connectivity index (χ0) is 12.2. The van der Waals surface area contributed by atoms with Gasteiger partial charge in [0.15, 0.2) is 11.7 Å². The number of aldehydes is 1. The van der Waals surface area contributed by atoms with Gasteiger partial charge in [-0.15, -0.1) is 0 Å². The van der Waals surface area contributed by atoms with Crippen molar-refractivity contribution in [3.05, 3.63) is 29.3 Å². The highest BCUT2D eigenvalue weighted by molar-refractivity contribution is 5.80. The van der Waals surface area contributed by atoms with E-state index in [9.17, 15) is 4.79 Å². The van der Waals surface area contributed by atoms with Crippen molar-refractivity contribution in [1.29, 1.82) is 10.5 Å². The van der Waals surface area contributed by atoms with Crippen LogP contribution in [0.4, 0.5) is 0 Å². The predicted molar refractivity (Wildman–Crippen MR) is 57.0 cm³/mol. The van der Waals surface area contributed by atoms with Crippen molar-refractivity contribution < 1.29 is 9.53 Å². The van der Waals surface area contributed by atoms with E-state index in [1.807, 2.05) is 12.1 Å². The third-order valence-electron chi connectivity index (χ3n) is 2.38. The average Bonchev–Trinajstić information content (AvgIpc) is 2.36. The molecule has 0 atom stereocenters. The van der Waals surface area contributed by atoms with Gasteiger partial charge in [-0.25, -0.2) is 0 Å². The Morgan fingerprint density at radius 3 is 2.44 bits per heavy atom. The summed E-state index contributed by atoms with van der Waals surface area (Å²) in [5.41, 5.74) is -0.429. The molecule has 0 saturated carbocycles. The van der Waals surface area contributed by atoms with Crippen LogP contribution in [0.3, 0.4) is 0 Å². The summed E-state index contributed by atoms with van der Waals surface area (Å²) in [4.78, 5) is 10.8. The van der Waals surface area contributed by atoms with Crippen LogP contribution in [-0.2, 0) is 5.41 Å². The summed E-state index contributed by atoms with van der Waals surface area (Å²) in [6.07, 6.45) is 0.636. The molecule has 0 aliphatic heterocycles. The van der Waals surface area contributed by atoms with E-state index in [1.54, 1.807) is 12.1 Å². The normalized spacial score (nSPS) is 10.0. The number of nitriles is 2. The lowest BCUT2D eigenvalue weighted by molar-refractivity contribution is 0.112. The Bertz CT molecular complexity index is 481. The SMILES string of the molecule is COc1ccc(C(C)(C#N)C#N)cc1C=O. The zero-order valence-corrected chi connectivity index (χ0v) is 9.02. The highest BCUT2D eigenvalue weighted by Gasteiger charge is 2.26. The Hall–Kier alpha value is -2.33. The summed E-state index contributed by atoms with van der Waals surface area (Å²) in [7, 11) is 1.45. The van der Waals surface area contributed by atoms with Crippen molar-refractivity contribution >= 4 is 6.29 Å². The topological polar surface area (TPSA) is 73.9 Å². The van der Waals surface area contributed by atoms with Gasteiger partial charge in [0, 0.05) is 0 Å². The van der Waals surface area contributed by atoms with Crippen molar-refractivity contribution in [1.82, 2.24) is 0 Å². The number of hydrogen-bond donors (Lipinski definition) is 0. The molecular weight excluding hydrogens is 204 g/mol. The Morgan fingerprint density at radius 1 is 1.38 bits per heavy atom. The van der Waals surface area contributed by atoms with Gasteiger partial charge in [-0.3, -0.25) is 4.79 Å². The molecule has 0 heterocycles. The summed E-state index contributed by atoms with van der Waals surface area (Å²) in [6, 6.07) is 8.51. The number of benzene rings is 1. The lowest BCUT2D eigenvalue weighted by Crippen LogP contribution is -2.16. The van der Waals surface area contributed by atoms with Crippen molar-refractivity contribution in [3.63, 3.8) is 0 Å². The van der Waals surface area contributed by atoms with Gasteiger partial charge in [-0.2, -0.15) is 10.5 Å². The monoisotopic (exact) mass is 214 g/mol. The van der Waals surface area contributed by atoms with E-state index in [0.29, 0.717) is 23.2 Å². The quantitative estimate of drug-likeness (QED) is 0.719. The lowest BCUT2D eigenvalue weighted by Gasteiger charge is -2.14. The molecule has 0 aliphatic carbocycles. The molecule has 4 nitrogen and oxygen atoms in total. The third-order valence-corrected chi connectivity index (χ3v) is 2.38. The van der Waals surface area contributed by atoms with E-state index in [0.717, 1.165) is 0 Å². The molecule has 0 bridgehead atoms. The van der Waals surface area contributed by atoms with E-state index >= 15 is 0 Å². The van der Waals surface area contributed by atoms with Gasteiger partial charge in [0.25, 0.3) is 0 Å². The van der Waals surface area contributed by atoms with Gasteiger partial charge in [-0.05, 0) is 24.6 Å². The molecule has 0 saturated heterocycles. The number of carbonyl (C=O) groups is 1. The summed E-state index contributed by atoms with van der Waals surface area (Å²) < 4.78 is 4.97. The van der Waals surface area contributed by atoms with Crippen molar-refractivity contribution in [2.75, 3.05) is 7.11 Å². The summed E-state index contributed by atoms with van der Waals surface area (Å²) in [5, 5.41) is 17.9. The third kappa shape index (κ3) is 1.87. The molecule has 0 radical (unpaired) electrons. The van der Waals surface area contributed by atoms with Gasteiger partial charge >= 0.3 is 0 Å². The zero-order valence-electron chi connectivity index (χ0n) is 9.02. The second-order valence-electron chi connectivity index (χ2n) is 3.42. The molecule has 0 aliphatic rings.